The summed E-state index contributed by atoms with van der Waals surface area (Å²) >= 11 is 4.69. The summed E-state index contributed by atoms with van der Waals surface area (Å²) < 4.78 is 39.7. The molecule has 0 saturated heterocycles. The fraction of sp³-hybridized carbons (Fsp3) is 0.615. The molecule has 1 nitrogen and oxygen atoms in total. The molecule has 1 aromatic heterocycles. The van der Waals surface area contributed by atoms with E-state index in [9.17, 15) is 18.0 Å². The van der Waals surface area contributed by atoms with E-state index in [0.717, 1.165) is 15.1 Å². The van der Waals surface area contributed by atoms with E-state index in [1.165, 1.54) is 11.3 Å². The van der Waals surface area contributed by atoms with E-state index in [1.807, 2.05) is 6.07 Å². The molecule has 0 bridgehead atoms. The smallest absolute Gasteiger partial charge is 0.299 e. The zero-order valence-corrected chi connectivity index (χ0v) is 12.6. The molecule has 0 aromatic carbocycles. The molecule has 0 aliphatic heterocycles. The number of hydrogen-bond acceptors (Lipinski definition) is 2. The first-order chi connectivity index (χ1) is 8.88. The first-order valence-electron chi connectivity index (χ1n) is 6.21. The van der Waals surface area contributed by atoms with E-state index in [2.05, 4.69) is 15.9 Å². The van der Waals surface area contributed by atoms with Gasteiger partial charge in [0.15, 0.2) is 0 Å². The van der Waals surface area contributed by atoms with Gasteiger partial charge in [0.1, 0.15) is 5.78 Å². The molecule has 0 amide bonds. The molecule has 2 atom stereocenters. The predicted octanol–water partition coefficient (Wildman–Crippen LogP) is 4.99. The highest BCUT2D eigenvalue weighted by Gasteiger charge is 2.47. The second-order valence-electron chi connectivity index (χ2n) is 4.89. The molecule has 1 aromatic rings. The molecule has 0 spiro atoms. The highest BCUT2D eigenvalue weighted by Crippen LogP contribution is 2.42. The number of rotatable bonds is 3. The summed E-state index contributed by atoms with van der Waals surface area (Å²) in [7, 11) is 0. The molecular weight excluding hydrogens is 341 g/mol. The lowest BCUT2D eigenvalue weighted by Crippen LogP contribution is -2.37. The van der Waals surface area contributed by atoms with Crippen LogP contribution in [0, 0.1) is 11.8 Å². The third-order valence-corrected chi connectivity index (χ3v) is 5.20. The molecule has 19 heavy (non-hydrogen) atoms. The summed E-state index contributed by atoms with van der Waals surface area (Å²) in [5.74, 6) is -2.57. The normalized spacial score (nSPS) is 24.4. The average molecular weight is 355 g/mol. The second kappa shape index (κ2) is 5.95. The van der Waals surface area contributed by atoms with Gasteiger partial charge < -0.3 is 0 Å². The second-order valence-corrected chi connectivity index (χ2v) is 7.44. The largest absolute Gasteiger partial charge is 0.392 e. The summed E-state index contributed by atoms with van der Waals surface area (Å²) in [6.07, 6.45) is -2.39. The van der Waals surface area contributed by atoms with Gasteiger partial charge in [0.05, 0.1) is 9.70 Å². The SMILES string of the molecule is O=C(Cc1ccc(Br)s1)C1CCCCC1C(F)(F)F. The van der Waals surface area contributed by atoms with Crippen molar-refractivity contribution in [3.8, 4) is 0 Å². The first kappa shape index (κ1) is 15.0. The van der Waals surface area contributed by atoms with Gasteiger partial charge in [-0.2, -0.15) is 13.2 Å². The Kier molecular flexibility index (Phi) is 4.71. The number of carbonyl (C=O) groups is 1. The van der Waals surface area contributed by atoms with Gasteiger partial charge in [-0.25, -0.2) is 0 Å². The molecule has 0 N–H and O–H groups in total. The van der Waals surface area contributed by atoms with Crippen LogP contribution in [-0.4, -0.2) is 12.0 Å². The lowest BCUT2D eigenvalue weighted by atomic mass is 9.76. The predicted molar refractivity (Wildman–Crippen MR) is 72.2 cm³/mol. The molecular formula is C13H14BrF3OS. The lowest BCUT2D eigenvalue weighted by Gasteiger charge is -2.31. The Labute approximate surface area is 122 Å². The van der Waals surface area contributed by atoms with Crippen LogP contribution in [0.4, 0.5) is 13.2 Å². The van der Waals surface area contributed by atoms with E-state index < -0.39 is 18.0 Å². The van der Waals surface area contributed by atoms with Crippen molar-refractivity contribution in [2.75, 3.05) is 0 Å². The maximum atomic E-state index is 12.9. The summed E-state index contributed by atoms with van der Waals surface area (Å²) in [5.41, 5.74) is 0. The molecule has 1 saturated carbocycles. The van der Waals surface area contributed by atoms with Crippen molar-refractivity contribution in [2.45, 2.75) is 38.3 Å². The van der Waals surface area contributed by atoms with Gasteiger partial charge in [-0.15, -0.1) is 11.3 Å². The fourth-order valence-electron chi connectivity index (χ4n) is 2.66. The lowest BCUT2D eigenvalue weighted by molar-refractivity contribution is -0.197. The van der Waals surface area contributed by atoms with Crippen LogP contribution in [0.25, 0.3) is 0 Å². The quantitative estimate of drug-likeness (QED) is 0.747. The number of Topliss-reactive ketones (excluding diaryl/α,β-unsaturated/α-hetero) is 1. The van der Waals surface area contributed by atoms with Crippen molar-refractivity contribution in [1.82, 2.24) is 0 Å². The number of halogens is 4. The zero-order chi connectivity index (χ0) is 14.0. The van der Waals surface area contributed by atoms with Crippen LogP contribution in [0.15, 0.2) is 15.9 Å². The Morgan fingerprint density at radius 2 is 2.00 bits per heavy atom. The topological polar surface area (TPSA) is 17.1 Å². The molecule has 6 heteroatoms. The third kappa shape index (κ3) is 3.81. The minimum atomic E-state index is -4.25. The van der Waals surface area contributed by atoms with Gasteiger partial charge in [0.25, 0.3) is 0 Å². The molecule has 106 valence electrons. The van der Waals surface area contributed by atoms with Crippen LogP contribution in [0.2, 0.25) is 0 Å². The Morgan fingerprint density at radius 1 is 1.32 bits per heavy atom. The average Bonchev–Trinajstić information content (AvgIpc) is 2.73. The van der Waals surface area contributed by atoms with E-state index in [-0.39, 0.29) is 18.6 Å². The van der Waals surface area contributed by atoms with Crippen molar-refractivity contribution in [2.24, 2.45) is 11.8 Å². The first-order valence-corrected chi connectivity index (χ1v) is 7.82. The van der Waals surface area contributed by atoms with Crippen molar-refractivity contribution in [1.29, 1.82) is 0 Å². The van der Waals surface area contributed by atoms with Crippen LogP contribution in [0.5, 0.6) is 0 Å². The third-order valence-electron chi connectivity index (χ3n) is 3.58. The monoisotopic (exact) mass is 354 g/mol. The Balaban J connectivity index is 2.07. The number of carbonyl (C=O) groups excluding carboxylic acids is 1. The van der Waals surface area contributed by atoms with Crippen LogP contribution < -0.4 is 0 Å². The van der Waals surface area contributed by atoms with E-state index in [4.69, 9.17) is 0 Å². The maximum absolute atomic E-state index is 12.9. The van der Waals surface area contributed by atoms with Crippen LogP contribution in [-0.2, 0) is 11.2 Å². The Hall–Kier alpha value is -0.360. The highest BCUT2D eigenvalue weighted by atomic mass is 79.9. The van der Waals surface area contributed by atoms with Crippen molar-refractivity contribution >= 4 is 33.0 Å². The van der Waals surface area contributed by atoms with Crippen LogP contribution >= 0.6 is 27.3 Å². The number of thiophene rings is 1. The zero-order valence-electron chi connectivity index (χ0n) is 10.2. The molecule has 2 unspecified atom stereocenters. The number of alkyl halides is 3. The van der Waals surface area contributed by atoms with E-state index in [1.54, 1.807) is 6.07 Å². The van der Waals surface area contributed by atoms with Gasteiger partial charge >= 0.3 is 6.18 Å². The molecule has 1 heterocycles. The van der Waals surface area contributed by atoms with E-state index in [0.29, 0.717) is 12.8 Å². The maximum Gasteiger partial charge on any atom is 0.392 e. The Morgan fingerprint density at radius 3 is 2.58 bits per heavy atom. The van der Waals surface area contributed by atoms with E-state index >= 15 is 0 Å². The minimum Gasteiger partial charge on any atom is -0.299 e. The summed E-state index contributed by atoms with van der Waals surface area (Å²) in [6, 6.07) is 3.60. The van der Waals surface area contributed by atoms with Crippen molar-refractivity contribution in [3.05, 3.63) is 20.8 Å². The molecule has 1 fully saturated rings. The van der Waals surface area contributed by atoms with Gasteiger partial charge in [0, 0.05) is 17.2 Å². The standard InChI is InChI=1S/C13H14BrF3OS/c14-12-6-5-8(19-12)7-11(18)9-3-1-2-4-10(9)13(15,16)17/h5-6,9-10H,1-4,7H2. The van der Waals surface area contributed by atoms with Crippen LogP contribution in [0.1, 0.15) is 30.6 Å². The summed E-state index contributed by atoms with van der Waals surface area (Å²) in [4.78, 5) is 12.9. The number of hydrogen-bond donors (Lipinski definition) is 0. The Bertz CT molecular complexity index is 455. The minimum absolute atomic E-state index is 0.0913. The molecule has 1 aliphatic carbocycles. The highest BCUT2D eigenvalue weighted by molar-refractivity contribution is 9.11. The van der Waals surface area contributed by atoms with Gasteiger partial charge in [-0.3, -0.25) is 4.79 Å². The van der Waals surface area contributed by atoms with Crippen molar-refractivity contribution < 1.29 is 18.0 Å². The van der Waals surface area contributed by atoms with Gasteiger partial charge in [0.2, 0.25) is 0 Å². The van der Waals surface area contributed by atoms with Gasteiger partial charge in [-0.1, -0.05) is 12.8 Å². The molecule has 0 radical (unpaired) electrons. The summed E-state index contributed by atoms with van der Waals surface area (Å²) in [6.45, 7) is 0. The summed E-state index contributed by atoms with van der Waals surface area (Å²) in [5, 5.41) is 0. The molecule has 1 aliphatic rings. The van der Waals surface area contributed by atoms with Crippen molar-refractivity contribution in [3.63, 3.8) is 0 Å². The van der Waals surface area contributed by atoms with Gasteiger partial charge in [-0.05, 0) is 40.9 Å². The fourth-order valence-corrected chi connectivity index (χ4v) is 4.15. The van der Waals surface area contributed by atoms with Crippen LogP contribution in [0.3, 0.4) is 0 Å². The number of ketones is 1. The molecule has 2 rings (SSSR count).